The Bertz CT molecular complexity index is 372. The Kier molecular flexibility index (Phi) is 2.00. The summed E-state index contributed by atoms with van der Waals surface area (Å²) in [6, 6.07) is 0. The first kappa shape index (κ1) is 8.23. The summed E-state index contributed by atoms with van der Waals surface area (Å²) >= 11 is 0. The highest BCUT2D eigenvalue weighted by molar-refractivity contribution is 6.01. The topological polar surface area (TPSA) is 41.0 Å². The van der Waals surface area contributed by atoms with Gasteiger partial charge in [-0.25, -0.2) is 0 Å². The molecule has 1 aliphatic heterocycles. The molecule has 0 atom stereocenters. The number of hydrogen-bond donors (Lipinski definition) is 1. The van der Waals surface area contributed by atoms with Crippen molar-refractivity contribution < 1.29 is 0 Å². The lowest BCUT2D eigenvalue weighted by Gasteiger charge is -2.05. The second-order valence-corrected chi connectivity index (χ2v) is 3.32. The number of nitrogens with zero attached hydrogens (tertiary/aromatic N) is 2. The van der Waals surface area contributed by atoms with Crippen molar-refractivity contribution in [1.82, 2.24) is 10.2 Å². The Morgan fingerprint density at radius 2 is 2.23 bits per heavy atom. The van der Waals surface area contributed by atoms with Gasteiger partial charge in [-0.2, -0.15) is 5.10 Å². The van der Waals surface area contributed by atoms with Gasteiger partial charge in [-0.15, -0.1) is 0 Å². The molecule has 0 saturated heterocycles. The van der Waals surface area contributed by atoms with Crippen LogP contribution in [0.4, 0.5) is 0 Å². The van der Waals surface area contributed by atoms with E-state index in [1.54, 1.807) is 0 Å². The van der Waals surface area contributed by atoms with Gasteiger partial charge in [0.25, 0.3) is 0 Å². The third-order valence-corrected chi connectivity index (χ3v) is 2.41. The summed E-state index contributed by atoms with van der Waals surface area (Å²) in [5.41, 5.74) is 4.48. The SMILES string of the molecule is Cc1[nH]nc(C2=NC=CCC2)c1C. The molecule has 0 aliphatic carbocycles. The molecule has 1 aromatic heterocycles. The maximum atomic E-state index is 4.33. The van der Waals surface area contributed by atoms with Crippen LogP contribution in [0.25, 0.3) is 0 Å². The van der Waals surface area contributed by atoms with Crippen LogP contribution in [0, 0.1) is 13.8 Å². The summed E-state index contributed by atoms with van der Waals surface area (Å²) in [6.45, 7) is 4.11. The molecule has 2 rings (SSSR count). The van der Waals surface area contributed by atoms with E-state index in [-0.39, 0.29) is 0 Å². The molecule has 0 radical (unpaired) electrons. The van der Waals surface area contributed by atoms with Gasteiger partial charge in [0.15, 0.2) is 0 Å². The average molecular weight is 175 g/mol. The number of aromatic amines is 1. The minimum absolute atomic E-state index is 1.00. The molecule has 68 valence electrons. The fourth-order valence-electron chi connectivity index (χ4n) is 1.45. The molecule has 0 bridgehead atoms. The van der Waals surface area contributed by atoms with Crippen LogP contribution in [-0.2, 0) is 0 Å². The van der Waals surface area contributed by atoms with Gasteiger partial charge in [0.2, 0.25) is 0 Å². The van der Waals surface area contributed by atoms with Crippen LogP contribution in [-0.4, -0.2) is 15.9 Å². The van der Waals surface area contributed by atoms with E-state index in [4.69, 9.17) is 0 Å². The first-order chi connectivity index (χ1) is 6.29. The van der Waals surface area contributed by atoms with Gasteiger partial charge in [-0.1, -0.05) is 6.08 Å². The highest BCUT2D eigenvalue weighted by Crippen LogP contribution is 2.15. The van der Waals surface area contributed by atoms with Crippen LogP contribution < -0.4 is 0 Å². The summed E-state index contributed by atoms with van der Waals surface area (Å²) in [5, 5.41) is 7.23. The first-order valence-corrected chi connectivity index (χ1v) is 4.52. The first-order valence-electron chi connectivity index (χ1n) is 4.52. The minimum Gasteiger partial charge on any atom is -0.282 e. The number of aryl methyl sites for hydroxylation is 1. The van der Waals surface area contributed by atoms with Crippen LogP contribution in [0.3, 0.4) is 0 Å². The maximum absolute atomic E-state index is 4.33. The third kappa shape index (κ3) is 1.41. The lowest BCUT2D eigenvalue weighted by Crippen LogP contribution is -2.04. The summed E-state index contributed by atoms with van der Waals surface area (Å²) in [4.78, 5) is 4.33. The van der Waals surface area contributed by atoms with Gasteiger partial charge in [-0.3, -0.25) is 10.1 Å². The molecule has 13 heavy (non-hydrogen) atoms. The maximum Gasteiger partial charge on any atom is 0.109 e. The van der Waals surface area contributed by atoms with Crippen LogP contribution in [0.5, 0.6) is 0 Å². The minimum atomic E-state index is 1.00. The second kappa shape index (κ2) is 3.17. The van der Waals surface area contributed by atoms with Crippen molar-refractivity contribution in [1.29, 1.82) is 0 Å². The van der Waals surface area contributed by atoms with Crippen LogP contribution >= 0.6 is 0 Å². The molecule has 3 nitrogen and oxygen atoms in total. The van der Waals surface area contributed by atoms with Crippen LogP contribution in [0.15, 0.2) is 17.3 Å². The van der Waals surface area contributed by atoms with Gasteiger partial charge < -0.3 is 0 Å². The molecular formula is C10H13N3. The van der Waals surface area contributed by atoms with E-state index >= 15 is 0 Å². The Morgan fingerprint density at radius 3 is 2.77 bits per heavy atom. The summed E-state index contributed by atoms with van der Waals surface area (Å²) < 4.78 is 0. The zero-order chi connectivity index (χ0) is 9.26. The number of nitrogens with one attached hydrogen (secondary N) is 1. The number of aromatic nitrogens is 2. The van der Waals surface area contributed by atoms with Crippen molar-refractivity contribution in [3.63, 3.8) is 0 Å². The van der Waals surface area contributed by atoms with Crippen molar-refractivity contribution in [2.45, 2.75) is 26.7 Å². The predicted molar refractivity (Wildman–Crippen MR) is 53.0 cm³/mol. The van der Waals surface area contributed by atoms with E-state index in [0.717, 1.165) is 29.9 Å². The average Bonchev–Trinajstić information content (AvgIpc) is 2.49. The molecule has 0 spiro atoms. The van der Waals surface area contributed by atoms with Crippen LogP contribution in [0.1, 0.15) is 29.8 Å². The third-order valence-electron chi connectivity index (χ3n) is 2.41. The summed E-state index contributed by atoms with van der Waals surface area (Å²) in [7, 11) is 0. The molecule has 0 unspecified atom stereocenters. The van der Waals surface area contributed by atoms with E-state index in [2.05, 4.69) is 28.2 Å². The van der Waals surface area contributed by atoms with Crippen molar-refractivity contribution in [3.05, 3.63) is 29.2 Å². The van der Waals surface area contributed by atoms with Gasteiger partial charge in [0.1, 0.15) is 5.69 Å². The van der Waals surface area contributed by atoms with Gasteiger partial charge in [-0.05, 0) is 32.3 Å². The summed E-state index contributed by atoms with van der Waals surface area (Å²) in [5.74, 6) is 0. The normalized spacial score (nSPS) is 16.0. The van der Waals surface area contributed by atoms with Crippen molar-refractivity contribution in [2.75, 3.05) is 0 Å². The Labute approximate surface area is 77.6 Å². The summed E-state index contributed by atoms with van der Waals surface area (Å²) in [6.07, 6.45) is 6.02. The fourth-order valence-corrected chi connectivity index (χ4v) is 1.45. The molecule has 1 N–H and O–H groups in total. The van der Waals surface area contributed by atoms with Crippen molar-refractivity contribution >= 4 is 5.71 Å². The molecule has 0 saturated carbocycles. The number of rotatable bonds is 1. The molecule has 3 heteroatoms. The Morgan fingerprint density at radius 1 is 1.38 bits per heavy atom. The Balaban J connectivity index is 2.40. The quantitative estimate of drug-likeness (QED) is 0.697. The number of H-pyrrole nitrogens is 1. The van der Waals surface area contributed by atoms with Crippen molar-refractivity contribution in [3.8, 4) is 0 Å². The monoisotopic (exact) mass is 175 g/mol. The molecule has 1 aromatic rings. The molecular weight excluding hydrogens is 162 g/mol. The Hall–Kier alpha value is -1.38. The van der Waals surface area contributed by atoms with E-state index in [1.807, 2.05) is 13.1 Å². The largest absolute Gasteiger partial charge is 0.282 e. The predicted octanol–water partition coefficient (Wildman–Crippen LogP) is 2.12. The molecule has 0 amide bonds. The standard InChI is InChI=1S/C10H13N3/c1-7-8(2)12-13-10(7)9-5-3-4-6-11-9/h4,6H,3,5H2,1-2H3,(H,12,13). The lowest BCUT2D eigenvalue weighted by molar-refractivity contribution is 1.01. The smallest absolute Gasteiger partial charge is 0.109 e. The molecule has 0 aromatic carbocycles. The van der Waals surface area contributed by atoms with Gasteiger partial charge in [0.05, 0.1) is 5.71 Å². The highest BCUT2D eigenvalue weighted by Gasteiger charge is 2.12. The number of allylic oxidation sites excluding steroid dienone is 1. The highest BCUT2D eigenvalue weighted by atomic mass is 15.1. The van der Waals surface area contributed by atoms with E-state index in [0.29, 0.717) is 0 Å². The number of hydrogen-bond acceptors (Lipinski definition) is 2. The van der Waals surface area contributed by atoms with E-state index in [9.17, 15) is 0 Å². The lowest BCUT2D eigenvalue weighted by atomic mass is 10.1. The van der Waals surface area contributed by atoms with Crippen LogP contribution in [0.2, 0.25) is 0 Å². The van der Waals surface area contributed by atoms with E-state index < -0.39 is 0 Å². The molecule has 1 aliphatic rings. The zero-order valence-corrected chi connectivity index (χ0v) is 7.96. The van der Waals surface area contributed by atoms with Gasteiger partial charge in [0, 0.05) is 11.9 Å². The van der Waals surface area contributed by atoms with Crippen molar-refractivity contribution in [2.24, 2.45) is 4.99 Å². The number of aliphatic imine (C=N–C) groups is 1. The second-order valence-electron chi connectivity index (χ2n) is 3.32. The zero-order valence-electron chi connectivity index (χ0n) is 7.96. The fraction of sp³-hybridized carbons (Fsp3) is 0.400. The van der Waals surface area contributed by atoms with E-state index in [1.165, 1.54) is 5.56 Å². The molecule has 0 fully saturated rings. The van der Waals surface area contributed by atoms with Gasteiger partial charge >= 0.3 is 0 Å². The molecule has 2 heterocycles.